The van der Waals surface area contributed by atoms with Crippen LogP contribution in [-0.4, -0.2) is 67.8 Å². The molecule has 30 heavy (non-hydrogen) atoms. The van der Waals surface area contributed by atoms with E-state index in [1.54, 1.807) is 29.2 Å². The number of likely N-dealkylation sites (tertiary alicyclic amines) is 1. The average molecular weight is 418 g/mol. The zero-order chi connectivity index (χ0) is 21.8. The van der Waals surface area contributed by atoms with Gasteiger partial charge in [-0.1, -0.05) is 12.1 Å². The molecule has 1 saturated heterocycles. The first kappa shape index (κ1) is 23.3. The van der Waals surface area contributed by atoms with E-state index in [4.69, 9.17) is 9.47 Å². The van der Waals surface area contributed by atoms with E-state index >= 15 is 0 Å². The van der Waals surface area contributed by atoms with Crippen LogP contribution in [0, 0.1) is 0 Å². The summed E-state index contributed by atoms with van der Waals surface area (Å²) in [4.78, 5) is 37.5. The van der Waals surface area contributed by atoms with E-state index in [-0.39, 0.29) is 18.6 Å². The minimum Gasteiger partial charge on any atom is -0.483 e. The Bertz CT molecular complexity index is 745. The molecule has 9 heteroatoms. The van der Waals surface area contributed by atoms with Crippen molar-refractivity contribution in [1.82, 2.24) is 15.6 Å². The summed E-state index contributed by atoms with van der Waals surface area (Å²) in [7, 11) is 0. The van der Waals surface area contributed by atoms with Crippen LogP contribution in [0.15, 0.2) is 29.4 Å². The SMILES string of the molecule is CC(C)OCCCNC(=O)C(=O)N/N=C\c1ccccc1OCC(=O)N1CCCC1. The molecular formula is C21H30N4O5. The Morgan fingerprint density at radius 2 is 1.90 bits per heavy atom. The fraction of sp³-hybridized carbons (Fsp3) is 0.524. The van der Waals surface area contributed by atoms with Crippen molar-refractivity contribution in [2.45, 2.75) is 39.2 Å². The first-order valence-electron chi connectivity index (χ1n) is 10.2. The number of carbonyl (C=O) groups excluding carboxylic acids is 3. The second-order valence-electron chi connectivity index (χ2n) is 7.14. The van der Waals surface area contributed by atoms with Gasteiger partial charge in [0.2, 0.25) is 0 Å². The number of amides is 3. The molecule has 1 fully saturated rings. The number of ether oxygens (including phenoxy) is 2. The third kappa shape index (κ3) is 8.20. The summed E-state index contributed by atoms with van der Waals surface area (Å²) in [6.45, 7) is 6.19. The monoisotopic (exact) mass is 418 g/mol. The van der Waals surface area contributed by atoms with Gasteiger partial charge in [-0.3, -0.25) is 14.4 Å². The molecule has 164 valence electrons. The van der Waals surface area contributed by atoms with Gasteiger partial charge < -0.3 is 19.7 Å². The number of benzene rings is 1. The summed E-state index contributed by atoms with van der Waals surface area (Å²) in [5.74, 6) is -1.21. The van der Waals surface area contributed by atoms with Crippen molar-refractivity contribution < 1.29 is 23.9 Å². The van der Waals surface area contributed by atoms with E-state index in [9.17, 15) is 14.4 Å². The van der Waals surface area contributed by atoms with Crippen LogP contribution in [0.5, 0.6) is 5.75 Å². The van der Waals surface area contributed by atoms with Crippen molar-refractivity contribution in [2.75, 3.05) is 32.8 Å². The first-order chi connectivity index (χ1) is 14.5. The van der Waals surface area contributed by atoms with E-state index in [1.165, 1.54) is 6.21 Å². The number of nitrogens with zero attached hydrogens (tertiary/aromatic N) is 2. The highest BCUT2D eigenvalue weighted by molar-refractivity contribution is 6.35. The first-order valence-corrected chi connectivity index (χ1v) is 10.2. The van der Waals surface area contributed by atoms with Gasteiger partial charge in [0.15, 0.2) is 6.61 Å². The maximum atomic E-state index is 12.1. The van der Waals surface area contributed by atoms with E-state index in [0.29, 0.717) is 30.9 Å². The summed E-state index contributed by atoms with van der Waals surface area (Å²) >= 11 is 0. The highest BCUT2D eigenvalue weighted by Gasteiger charge is 2.18. The van der Waals surface area contributed by atoms with E-state index in [1.807, 2.05) is 13.8 Å². The number of hydrogen-bond acceptors (Lipinski definition) is 6. The minimum absolute atomic E-state index is 0.0528. The lowest BCUT2D eigenvalue weighted by Gasteiger charge is -2.16. The standard InChI is InChI=1S/C21H30N4O5/c1-16(2)29-13-7-10-22-20(27)21(28)24-23-14-17-8-3-4-9-18(17)30-15-19(26)25-11-5-6-12-25/h3-4,8-9,14,16H,5-7,10-13,15H2,1-2H3,(H,22,27)(H,24,28)/b23-14-. The summed E-state index contributed by atoms with van der Waals surface area (Å²) < 4.78 is 11.0. The van der Waals surface area contributed by atoms with Gasteiger partial charge in [0, 0.05) is 31.8 Å². The molecule has 1 aromatic rings. The molecular weight excluding hydrogens is 388 g/mol. The maximum absolute atomic E-state index is 12.1. The van der Waals surface area contributed by atoms with Gasteiger partial charge in [0.25, 0.3) is 5.91 Å². The number of carbonyl (C=O) groups is 3. The normalized spacial score (nSPS) is 13.6. The molecule has 1 heterocycles. The lowest BCUT2D eigenvalue weighted by molar-refractivity contribution is -0.139. The van der Waals surface area contributed by atoms with Gasteiger partial charge >= 0.3 is 11.8 Å². The van der Waals surface area contributed by atoms with E-state index in [0.717, 1.165) is 25.9 Å². The third-order valence-electron chi connectivity index (χ3n) is 4.36. The minimum atomic E-state index is -0.862. The summed E-state index contributed by atoms with van der Waals surface area (Å²) in [6.07, 6.45) is 4.16. The molecule has 0 aromatic heterocycles. The fourth-order valence-electron chi connectivity index (χ4n) is 2.80. The van der Waals surface area contributed by atoms with Crippen LogP contribution in [-0.2, 0) is 19.1 Å². The van der Waals surface area contributed by atoms with Crippen LogP contribution in [0.25, 0.3) is 0 Å². The van der Waals surface area contributed by atoms with Gasteiger partial charge in [-0.25, -0.2) is 5.43 Å². The Hall–Kier alpha value is -2.94. The zero-order valence-electron chi connectivity index (χ0n) is 17.6. The van der Waals surface area contributed by atoms with Crippen molar-refractivity contribution in [1.29, 1.82) is 0 Å². The molecule has 0 spiro atoms. The van der Waals surface area contributed by atoms with Crippen LogP contribution < -0.4 is 15.5 Å². The molecule has 2 N–H and O–H groups in total. The largest absolute Gasteiger partial charge is 0.483 e. The van der Waals surface area contributed by atoms with Crippen LogP contribution in [0.4, 0.5) is 0 Å². The van der Waals surface area contributed by atoms with Gasteiger partial charge in [-0.05, 0) is 45.2 Å². The molecule has 0 aliphatic carbocycles. The number of hydrazone groups is 1. The molecule has 0 bridgehead atoms. The highest BCUT2D eigenvalue weighted by Crippen LogP contribution is 2.16. The lowest BCUT2D eigenvalue weighted by Crippen LogP contribution is -2.38. The molecule has 3 amide bonds. The van der Waals surface area contributed by atoms with Crippen molar-refractivity contribution in [2.24, 2.45) is 5.10 Å². The molecule has 0 atom stereocenters. The smallest absolute Gasteiger partial charge is 0.329 e. The zero-order valence-corrected chi connectivity index (χ0v) is 17.6. The average Bonchev–Trinajstić information content (AvgIpc) is 3.27. The Morgan fingerprint density at radius 3 is 2.63 bits per heavy atom. The summed E-state index contributed by atoms with van der Waals surface area (Å²) in [6, 6.07) is 7.01. The predicted octanol–water partition coefficient (Wildman–Crippen LogP) is 1.07. The molecule has 1 aromatic carbocycles. The summed E-state index contributed by atoms with van der Waals surface area (Å²) in [5, 5.41) is 6.31. The van der Waals surface area contributed by atoms with E-state index < -0.39 is 11.8 Å². The second-order valence-corrected chi connectivity index (χ2v) is 7.14. The topological polar surface area (TPSA) is 109 Å². The van der Waals surface area contributed by atoms with Gasteiger partial charge in [-0.15, -0.1) is 0 Å². The highest BCUT2D eigenvalue weighted by atomic mass is 16.5. The Kier molecular flexibility index (Phi) is 9.79. The molecule has 1 aliphatic heterocycles. The second kappa shape index (κ2) is 12.6. The number of para-hydroxylation sites is 1. The van der Waals surface area contributed by atoms with Crippen LogP contribution in [0.2, 0.25) is 0 Å². The molecule has 1 aliphatic rings. The number of rotatable bonds is 10. The molecule has 9 nitrogen and oxygen atoms in total. The van der Waals surface area contributed by atoms with Crippen LogP contribution in [0.1, 0.15) is 38.7 Å². The summed E-state index contributed by atoms with van der Waals surface area (Å²) in [5.41, 5.74) is 2.77. The molecule has 2 rings (SSSR count). The Labute approximate surface area is 176 Å². The third-order valence-corrected chi connectivity index (χ3v) is 4.36. The van der Waals surface area contributed by atoms with Gasteiger partial charge in [0.1, 0.15) is 5.75 Å². The quantitative estimate of drug-likeness (QED) is 0.256. The van der Waals surface area contributed by atoms with Crippen molar-refractivity contribution in [3.8, 4) is 5.75 Å². The fourth-order valence-corrected chi connectivity index (χ4v) is 2.80. The number of nitrogens with one attached hydrogen (secondary N) is 2. The molecule has 0 radical (unpaired) electrons. The van der Waals surface area contributed by atoms with E-state index in [2.05, 4.69) is 15.8 Å². The van der Waals surface area contributed by atoms with Crippen molar-refractivity contribution in [3.05, 3.63) is 29.8 Å². The van der Waals surface area contributed by atoms with Gasteiger partial charge in [-0.2, -0.15) is 5.10 Å². The molecule has 0 unspecified atom stereocenters. The van der Waals surface area contributed by atoms with Crippen LogP contribution >= 0.6 is 0 Å². The molecule has 0 saturated carbocycles. The van der Waals surface area contributed by atoms with Crippen LogP contribution in [0.3, 0.4) is 0 Å². The predicted molar refractivity (Wildman–Crippen MR) is 112 cm³/mol. The van der Waals surface area contributed by atoms with Crippen molar-refractivity contribution >= 4 is 23.9 Å². The lowest BCUT2D eigenvalue weighted by atomic mass is 10.2. The maximum Gasteiger partial charge on any atom is 0.329 e. The Balaban J connectivity index is 1.76. The van der Waals surface area contributed by atoms with Crippen molar-refractivity contribution in [3.63, 3.8) is 0 Å². The number of hydrogen-bond donors (Lipinski definition) is 2. The Morgan fingerprint density at radius 1 is 1.17 bits per heavy atom. The van der Waals surface area contributed by atoms with Gasteiger partial charge in [0.05, 0.1) is 12.3 Å².